The molecule has 2 N–H and O–H groups in total. The van der Waals surface area contributed by atoms with E-state index in [0.717, 1.165) is 11.3 Å². The summed E-state index contributed by atoms with van der Waals surface area (Å²) in [5, 5.41) is 11.4. The zero-order valence-corrected chi connectivity index (χ0v) is 15.8. The summed E-state index contributed by atoms with van der Waals surface area (Å²) in [6.45, 7) is 2.05. The van der Waals surface area contributed by atoms with Gasteiger partial charge in [-0.1, -0.05) is 36.4 Å². The van der Waals surface area contributed by atoms with Gasteiger partial charge in [0.25, 0.3) is 5.91 Å². The van der Waals surface area contributed by atoms with Crippen LogP contribution in [0.1, 0.15) is 28.4 Å². The SMILES string of the molecule is CSCc1cccc(CNC(=O)c2ccccc2SC(C)C(=O)O)c1. The predicted molar refractivity (Wildman–Crippen MR) is 104 cm³/mol. The molecule has 2 rings (SSSR count). The van der Waals surface area contributed by atoms with Crippen LogP contribution in [0.25, 0.3) is 0 Å². The van der Waals surface area contributed by atoms with Gasteiger partial charge in [-0.2, -0.15) is 11.8 Å². The van der Waals surface area contributed by atoms with Crippen molar-refractivity contribution in [3.63, 3.8) is 0 Å². The van der Waals surface area contributed by atoms with E-state index in [2.05, 4.69) is 23.7 Å². The average Bonchev–Trinajstić information content (AvgIpc) is 2.60. The summed E-state index contributed by atoms with van der Waals surface area (Å²) in [6.07, 6.45) is 2.06. The Morgan fingerprint density at radius 1 is 1.12 bits per heavy atom. The third kappa shape index (κ3) is 5.83. The Labute approximate surface area is 156 Å². The van der Waals surface area contributed by atoms with Crippen LogP contribution < -0.4 is 5.32 Å². The van der Waals surface area contributed by atoms with Crippen LogP contribution in [0.2, 0.25) is 0 Å². The van der Waals surface area contributed by atoms with Gasteiger partial charge in [-0.05, 0) is 36.4 Å². The molecule has 0 fully saturated rings. The van der Waals surface area contributed by atoms with E-state index < -0.39 is 11.2 Å². The maximum absolute atomic E-state index is 12.5. The number of amides is 1. The summed E-state index contributed by atoms with van der Waals surface area (Å²) in [5.41, 5.74) is 2.77. The molecule has 0 spiro atoms. The standard InChI is InChI=1S/C19H21NO3S2/c1-13(19(22)23)25-17-9-4-3-8-16(17)18(21)20-11-14-6-5-7-15(10-14)12-24-2/h3-10,13H,11-12H2,1-2H3,(H,20,21)(H,22,23). The second kappa shape index (κ2) is 9.53. The van der Waals surface area contributed by atoms with Gasteiger partial charge in [0.15, 0.2) is 0 Å². The molecule has 0 saturated carbocycles. The van der Waals surface area contributed by atoms with Gasteiger partial charge in [0, 0.05) is 17.2 Å². The van der Waals surface area contributed by atoms with E-state index >= 15 is 0 Å². The first-order valence-corrected chi connectivity index (χ1v) is 10.1. The number of thioether (sulfide) groups is 2. The molecule has 1 amide bonds. The zero-order chi connectivity index (χ0) is 18.2. The van der Waals surface area contributed by atoms with E-state index in [1.165, 1.54) is 17.3 Å². The van der Waals surface area contributed by atoms with Crippen LogP contribution in [0.15, 0.2) is 53.4 Å². The molecule has 2 aromatic rings. The Kier molecular flexibility index (Phi) is 7.40. The van der Waals surface area contributed by atoms with E-state index in [0.29, 0.717) is 17.0 Å². The second-order valence-corrected chi connectivity index (χ2v) is 7.78. The molecular formula is C19H21NO3S2. The lowest BCUT2D eigenvalue weighted by Gasteiger charge is -2.12. The fourth-order valence-corrected chi connectivity index (χ4v) is 3.71. The van der Waals surface area contributed by atoms with Crippen LogP contribution in [-0.2, 0) is 17.1 Å². The molecule has 0 bridgehead atoms. The minimum Gasteiger partial charge on any atom is -0.480 e. The number of carbonyl (C=O) groups excluding carboxylic acids is 1. The van der Waals surface area contributed by atoms with Crippen molar-refractivity contribution in [3.8, 4) is 0 Å². The molecule has 0 aliphatic carbocycles. The number of hydrogen-bond acceptors (Lipinski definition) is 4. The summed E-state index contributed by atoms with van der Waals surface area (Å²) in [5.74, 6) is -0.157. The van der Waals surface area contributed by atoms with Gasteiger partial charge in [-0.3, -0.25) is 9.59 Å². The predicted octanol–water partition coefficient (Wildman–Crippen LogP) is 4.04. The monoisotopic (exact) mass is 375 g/mol. The highest BCUT2D eigenvalue weighted by Gasteiger charge is 2.17. The lowest BCUT2D eigenvalue weighted by molar-refractivity contribution is -0.136. The van der Waals surface area contributed by atoms with Crippen LogP contribution >= 0.6 is 23.5 Å². The normalized spacial score (nSPS) is 11.8. The quantitative estimate of drug-likeness (QED) is 0.682. The number of hydrogen-bond donors (Lipinski definition) is 2. The maximum Gasteiger partial charge on any atom is 0.316 e. The van der Waals surface area contributed by atoms with Crippen molar-refractivity contribution in [1.29, 1.82) is 0 Å². The molecule has 4 nitrogen and oxygen atoms in total. The Balaban J connectivity index is 2.06. The Morgan fingerprint density at radius 3 is 2.56 bits per heavy atom. The lowest BCUT2D eigenvalue weighted by atomic mass is 10.1. The van der Waals surface area contributed by atoms with E-state index in [9.17, 15) is 9.59 Å². The topological polar surface area (TPSA) is 66.4 Å². The highest BCUT2D eigenvalue weighted by molar-refractivity contribution is 8.00. The minimum atomic E-state index is -0.897. The van der Waals surface area contributed by atoms with Gasteiger partial charge < -0.3 is 10.4 Å². The Hall–Kier alpha value is -1.92. The number of nitrogens with one attached hydrogen (secondary N) is 1. The maximum atomic E-state index is 12.5. The van der Waals surface area contributed by atoms with Crippen molar-refractivity contribution >= 4 is 35.4 Å². The lowest BCUT2D eigenvalue weighted by Crippen LogP contribution is -2.24. The number of aliphatic carboxylic acids is 1. The summed E-state index contributed by atoms with van der Waals surface area (Å²) >= 11 is 2.93. The molecule has 0 aliphatic heterocycles. The summed E-state index contributed by atoms with van der Waals surface area (Å²) in [4.78, 5) is 24.3. The molecular weight excluding hydrogens is 354 g/mol. The number of benzene rings is 2. The van der Waals surface area contributed by atoms with Gasteiger partial charge >= 0.3 is 5.97 Å². The van der Waals surface area contributed by atoms with Crippen molar-refractivity contribution in [2.24, 2.45) is 0 Å². The van der Waals surface area contributed by atoms with E-state index in [1.807, 2.05) is 12.1 Å². The largest absolute Gasteiger partial charge is 0.480 e. The van der Waals surface area contributed by atoms with Crippen LogP contribution in [0.5, 0.6) is 0 Å². The summed E-state index contributed by atoms with van der Waals surface area (Å²) < 4.78 is 0. The number of carbonyl (C=O) groups is 2. The van der Waals surface area contributed by atoms with Crippen molar-refractivity contribution in [1.82, 2.24) is 5.32 Å². The highest BCUT2D eigenvalue weighted by Crippen LogP contribution is 2.27. The van der Waals surface area contributed by atoms with E-state index in [1.54, 1.807) is 43.0 Å². The Bertz CT molecular complexity index is 749. The van der Waals surface area contributed by atoms with Gasteiger partial charge in [0.2, 0.25) is 0 Å². The van der Waals surface area contributed by atoms with Crippen molar-refractivity contribution in [3.05, 3.63) is 65.2 Å². The van der Waals surface area contributed by atoms with Crippen molar-refractivity contribution in [2.45, 2.75) is 29.4 Å². The van der Waals surface area contributed by atoms with Crippen molar-refractivity contribution in [2.75, 3.05) is 6.26 Å². The molecule has 25 heavy (non-hydrogen) atoms. The van der Waals surface area contributed by atoms with E-state index in [-0.39, 0.29) is 5.91 Å². The second-order valence-electron chi connectivity index (χ2n) is 5.53. The average molecular weight is 376 g/mol. The minimum absolute atomic E-state index is 0.198. The highest BCUT2D eigenvalue weighted by atomic mass is 32.2. The molecule has 1 unspecified atom stereocenters. The van der Waals surface area contributed by atoms with Crippen LogP contribution in [0, 0.1) is 0 Å². The van der Waals surface area contributed by atoms with Crippen LogP contribution in [-0.4, -0.2) is 28.5 Å². The molecule has 2 aromatic carbocycles. The third-order valence-corrected chi connectivity index (χ3v) is 5.33. The van der Waals surface area contributed by atoms with Gasteiger partial charge in [0.05, 0.1) is 5.56 Å². The number of carboxylic acid groups (broad SMARTS) is 1. The first-order chi connectivity index (χ1) is 12.0. The molecule has 1 atom stereocenters. The molecule has 0 heterocycles. The fraction of sp³-hybridized carbons (Fsp3) is 0.263. The molecule has 0 aliphatic rings. The van der Waals surface area contributed by atoms with Crippen LogP contribution in [0.4, 0.5) is 0 Å². The van der Waals surface area contributed by atoms with Gasteiger partial charge in [-0.15, -0.1) is 11.8 Å². The number of carboxylic acids is 1. The Morgan fingerprint density at radius 2 is 1.84 bits per heavy atom. The fourth-order valence-electron chi connectivity index (χ4n) is 2.27. The third-order valence-electron chi connectivity index (χ3n) is 3.54. The van der Waals surface area contributed by atoms with Crippen molar-refractivity contribution < 1.29 is 14.7 Å². The molecule has 0 radical (unpaired) electrons. The molecule has 132 valence electrons. The van der Waals surface area contributed by atoms with Gasteiger partial charge in [-0.25, -0.2) is 0 Å². The van der Waals surface area contributed by atoms with Crippen LogP contribution in [0.3, 0.4) is 0 Å². The number of rotatable bonds is 8. The molecule has 0 aromatic heterocycles. The molecule has 0 saturated heterocycles. The van der Waals surface area contributed by atoms with E-state index in [4.69, 9.17) is 5.11 Å². The summed E-state index contributed by atoms with van der Waals surface area (Å²) in [7, 11) is 0. The first kappa shape index (κ1) is 19.4. The first-order valence-electron chi connectivity index (χ1n) is 7.84. The molecule has 6 heteroatoms. The smallest absolute Gasteiger partial charge is 0.316 e. The van der Waals surface area contributed by atoms with Gasteiger partial charge in [0.1, 0.15) is 5.25 Å². The summed E-state index contributed by atoms with van der Waals surface area (Å²) in [6, 6.07) is 15.2. The zero-order valence-electron chi connectivity index (χ0n) is 14.2.